The highest BCUT2D eigenvalue weighted by atomic mass is 16.5. The number of carboxylic acid groups (broad SMARTS) is 2. The Labute approximate surface area is 138 Å². The molecule has 1 atom stereocenters. The molecule has 1 amide bonds. The molecular weight excluding hydrogens is 318 g/mol. The van der Waals surface area contributed by atoms with Crippen molar-refractivity contribution in [3.05, 3.63) is 35.9 Å². The van der Waals surface area contributed by atoms with E-state index >= 15 is 0 Å². The Morgan fingerprint density at radius 2 is 1.96 bits per heavy atom. The summed E-state index contributed by atoms with van der Waals surface area (Å²) < 4.78 is 10.1. The largest absolute Gasteiger partial charge is 0.490 e. The lowest BCUT2D eigenvalue weighted by Crippen LogP contribution is -2.28. The van der Waals surface area contributed by atoms with E-state index in [2.05, 4.69) is 5.32 Å². The van der Waals surface area contributed by atoms with Crippen LogP contribution < -0.4 is 10.1 Å². The minimum absolute atomic E-state index is 0.126. The van der Waals surface area contributed by atoms with Crippen molar-refractivity contribution in [2.45, 2.75) is 6.92 Å². The number of allylic oxidation sites excluding steroid dienone is 1. The molecular formula is C16H19NO7. The predicted molar refractivity (Wildman–Crippen MR) is 85.3 cm³/mol. The van der Waals surface area contributed by atoms with Crippen LogP contribution in [0.5, 0.6) is 5.75 Å². The van der Waals surface area contributed by atoms with E-state index in [-0.39, 0.29) is 23.6 Å². The third-order valence-electron chi connectivity index (χ3n) is 2.96. The summed E-state index contributed by atoms with van der Waals surface area (Å²) in [5.41, 5.74) is 0.00839. The van der Waals surface area contributed by atoms with Crippen molar-refractivity contribution in [2.24, 2.45) is 5.92 Å². The van der Waals surface area contributed by atoms with E-state index in [1.54, 1.807) is 6.92 Å². The van der Waals surface area contributed by atoms with E-state index in [0.717, 1.165) is 0 Å². The summed E-state index contributed by atoms with van der Waals surface area (Å²) in [6, 6.07) is 4.03. The summed E-state index contributed by atoms with van der Waals surface area (Å²) in [6.45, 7) is 2.06. The first-order chi connectivity index (χ1) is 11.4. The van der Waals surface area contributed by atoms with Gasteiger partial charge in [0.15, 0.2) is 5.92 Å². The molecule has 0 aliphatic rings. The fourth-order valence-corrected chi connectivity index (χ4v) is 1.83. The summed E-state index contributed by atoms with van der Waals surface area (Å²) in [7, 11) is 1.49. The van der Waals surface area contributed by atoms with Crippen molar-refractivity contribution in [3.63, 3.8) is 0 Å². The first kappa shape index (κ1) is 19.2. The number of amides is 1. The number of ether oxygens (including phenoxy) is 2. The lowest BCUT2D eigenvalue weighted by molar-refractivity contribution is -0.143. The van der Waals surface area contributed by atoms with Crippen molar-refractivity contribution >= 4 is 23.5 Å². The number of carboxylic acids is 2. The van der Waals surface area contributed by atoms with Gasteiger partial charge in [-0.3, -0.25) is 9.59 Å². The minimum atomic E-state index is -1.36. The van der Waals surface area contributed by atoms with Gasteiger partial charge < -0.3 is 25.0 Å². The van der Waals surface area contributed by atoms with Gasteiger partial charge in [-0.15, -0.1) is 0 Å². The number of nitrogens with one attached hydrogen (secondary N) is 1. The standard InChI is InChI=1S/C16H19NO7/c1-3-4-11(15(19)20)14(18)17-10-5-6-13(24-8-7-23-2)12(9-10)16(21)22/h3-6,9,11H,7-8H2,1-2H3,(H,17,18)(H,19,20)(H,21,22). The summed E-state index contributed by atoms with van der Waals surface area (Å²) >= 11 is 0. The van der Waals surface area contributed by atoms with E-state index in [9.17, 15) is 19.5 Å². The van der Waals surface area contributed by atoms with E-state index in [0.29, 0.717) is 6.61 Å². The highest BCUT2D eigenvalue weighted by molar-refractivity contribution is 6.06. The minimum Gasteiger partial charge on any atom is -0.490 e. The molecule has 0 heterocycles. The Kier molecular flexibility index (Phi) is 7.44. The molecule has 0 saturated heterocycles. The molecule has 0 fully saturated rings. The summed E-state index contributed by atoms with van der Waals surface area (Å²) in [5.74, 6) is -4.54. The van der Waals surface area contributed by atoms with Gasteiger partial charge >= 0.3 is 11.9 Å². The second-order valence-corrected chi connectivity index (χ2v) is 4.69. The fourth-order valence-electron chi connectivity index (χ4n) is 1.83. The van der Waals surface area contributed by atoms with E-state index in [4.69, 9.17) is 14.6 Å². The van der Waals surface area contributed by atoms with Gasteiger partial charge in [0, 0.05) is 12.8 Å². The number of hydrogen-bond acceptors (Lipinski definition) is 5. The second kappa shape index (κ2) is 9.31. The topological polar surface area (TPSA) is 122 Å². The quantitative estimate of drug-likeness (QED) is 0.355. The zero-order valence-corrected chi connectivity index (χ0v) is 13.3. The molecule has 24 heavy (non-hydrogen) atoms. The maximum absolute atomic E-state index is 12.0. The van der Waals surface area contributed by atoms with Crippen LogP contribution in [0.2, 0.25) is 0 Å². The van der Waals surface area contributed by atoms with Crippen LogP contribution in [0.4, 0.5) is 5.69 Å². The third kappa shape index (κ3) is 5.40. The molecule has 0 radical (unpaired) electrons. The molecule has 0 aromatic heterocycles. The van der Waals surface area contributed by atoms with E-state index in [1.807, 2.05) is 0 Å². The number of benzene rings is 1. The van der Waals surface area contributed by atoms with Crippen LogP contribution in [0.25, 0.3) is 0 Å². The van der Waals surface area contributed by atoms with Crippen molar-refractivity contribution in [2.75, 3.05) is 25.6 Å². The van der Waals surface area contributed by atoms with Gasteiger partial charge in [-0.1, -0.05) is 12.2 Å². The van der Waals surface area contributed by atoms with Crippen LogP contribution in [-0.2, 0) is 14.3 Å². The van der Waals surface area contributed by atoms with Gasteiger partial charge in [-0.2, -0.15) is 0 Å². The molecule has 8 nitrogen and oxygen atoms in total. The lowest BCUT2D eigenvalue weighted by Gasteiger charge is -2.13. The molecule has 0 saturated carbocycles. The summed E-state index contributed by atoms with van der Waals surface area (Å²) in [5, 5.41) is 20.6. The Morgan fingerprint density at radius 1 is 1.25 bits per heavy atom. The Bertz CT molecular complexity index is 639. The molecule has 8 heteroatoms. The molecule has 0 bridgehead atoms. The average Bonchev–Trinajstić information content (AvgIpc) is 2.53. The van der Waals surface area contributed by atoms with E-state index < -0.39 is 23.8 Å². The third-order valence-corrected chi connectivity index (χ3v) is 2.96. The molecule has 1 rings (SSSR count). The van der Waals surface area contributed by atoms with Gasteiger partial charge in [0.05, 0.1) is 6.61 Å². The predicted octanol–water partition coefficient (Wildman–Crippen LogP) is 1.63. The second-order valence-electron chi connectivity index (χ2n) is 4.69. The van der Waals surface area contributed by atoms with Crippen molar-refractivity contribution in [3.8, 4) is 5.75 Å². The molecule has 1 aromatic carbocycles. The smallest absolute Gasteiger partial charge is 0.339 e. The van der Waals surface area contributed by atoms with Crippen LogP contribution in [0.3, 0.4) is 0 Å². The molecule has 0 aliphatic heterocycles. The summed E-state index contributed by atoms with van der Waals surface area (Å²) in [4.78, 5) is 34.3. The van der Waals surface area contributed by atoms with Crippen molar-refractivity contribution < 1.29 is 34.1 Å². The molecule has 1 aromatic rings. The molecule has 3 N–H and O–H groups in total. The number of anilines is 1. The van der Waals surface area contributed by atoms with Gasteiger partial charge in [-0.25, -0.2) is 4.79 Å². The number of aromatic carboxylic acids is 1. The average molecular weight is 337 g/mol. The Morgan fingerprint density at radius 3 is 2.50 bits per heavy atom. The monoisotopic (exact) mass is 337 g/mol. The van der Waals surface area contributed by atoms with Gasteiger partial charge in [0.25, 0.3) is 0 Å². The van der Waals surface area contributed by atoms with Crippen molar-refractivity contribution in [1.29, 1.82) is 0 Å². The molecule has 0 spiro atoms. The number of carbonyl (C=O) groups is 3. The number of carbonyl (C=O) groups excluding carboxylic acids is 1. The number of hydrogen-bond donors (Lipinski definition) is 3. The molecule has 0 aliphatic carbocycles. The highest BCUT2D eigenvalue weighted by Crippen LogP contribution is 2.23. The van der Waals surface area contributed by atoms with E-state index in [1.165, 1.54) is 37.5 Å². The first-order valence-corrected chi connectivity index (χ1v) is 7.06. The van der Waals surface area contributed by atoms with Crippen LogP contribution in [0.1, 0.15) is 17.3 Å². The lowest BCUT2D eigenvalue weighted by atomic mass is 10.1. The van der Waals surface area contributed by atoms with Gasteiger partial charge in [-0.05, 0) is 25.1 Å². The van der Waals surface area contributed by atoms with Crippen LogP contribution in [0.15, 0.2) is 30.4 Å². The number of aliphatic carboxylic acids is 1. The van der Waals surface area contributed by atoms with Crippen molar-refractivity contribution in [1.82, 2.24) is 0 Å². The van der Waals surface area contributed by atoms with Crippen LogP contribution >= 0.6 is 0 Å². The Hall–Kier alpha value is -2.87. The normalized spacial score (nSPS) is 11.9. The van der Waals surface area contributed by atoms with Crippen LogP contribution in [0, 0.1) is 5.92 Å². The maximum atomic E-state index is 12.0. The van der Waals surface area contributed by atoms with Gasteiger partial charge in [0.2, 0.25) is 5.91 Å². The van der Waals surface area contributed by atoms with Gasteiger partial charge in [0.1, 0.15) is 17.9 Å². The zero-order valence-electron chi connectivity index (χ0n) is 13.3. The van der Waals surface area contributed by atoms with Crippen LogP contribution in [-0.4, -0.2) is 48.4 Å². The highest BCUT2D eigenvalue weighted by Gasteiger charge is 2.23. The molecule has 130 valence electrons. The molecule has 1 unspecified atom stereocenters. The number of rotatable bonds is 9. The maximum Gasteiger partial charge on any atom is 0.339 e. The Balaban J connectivity index is 2.96. The first-order valence-electron chi connectivity index (χ1n) is 7.06. The SMILES string of the molecule is CC=CC(C(=O)O)C(=O)Nc1ccc(OCCOC)c(C(=O)O)c1. The fraction of sp³-hybridized carbons (Fsp3) is 0.312. The number of methoxy groups -OCH3 is 1. The zero-order chi connectivity index (χ0) is 18.1. The summed E-state index contributed by atoms with van der Waals surface area (Å²) in [6.07, 6.45) is 2.69.